The predicted octanol–water partition coefficient (Wildman–Crippen LogP) is -0.00240. The number of hydrogen-bond donors (Lipinski definition) is 2. The highest BCUT2D eigenvalue weighted by Gasteiger charge is 2.24. The molecule has 0 radical (unpaired) electrons. The van der Waals surface area contributed by atoms with E-state index in [0.29, 0.717) is 36.7 Å². The zero-order valence-electron chi connectivity index (χ0n) is 13.5. The number of aliphatic hydroxyl groups is 2. The molecule has 1 aliphatic heterocycles. The Labute approximate surface area is 143 Å². The van der Waals surface area contributed by atoms with E-state index in [9.17, 15) is 9.90 Å². The Bertz CT molecular complexity index is 885. The van der Waals surface area contributed by atoms with Gasteiger partial charge in [0.1, 0.15) is 6.10 Å². The third kappa shape index (κ3) is 2.87. The Morgan fingerprint density at radius 3 is 2.96 bits per heavy atom. The van der Waals surface area contributed by atoms with Crippen LogP contribution >= 0.6 is 0 Å². The lowest BCUT2D eigenvalue weighted by Crippen LogP contribution is -2.31. The van der Waals surface area contributed by atoms with Gasteiger partial charge in [0.2, 0.25) is 0 Å². The molecule has 1 atom stereocenters. The zero-order chi connectivity index (χ0) is 17.4. The summed E-state index contributed by atoms with van der Waals surface area (Å²) in [5, 5.41) is 27.4. The Balaban J connectivity index is 1.60. The van der Waals surface area contributed by atoms with Crippen LogP contribution in [0.15, 0.2) is 30.6 Å². The van der Waals surface area contributed by atoms with E-state index in [1.54, 1.807) is 44.7 Å². The molecule has 1 amide bonds. The molecule has 0 spiro atoms. The number of carbonyl (C=O) groups is 1. The van der Waals surface area contributed by atoms with Gasteiger partial charge < -0.3 is 15.1 Å². The van der Waals surface area contributed by atoms with Gasteiger partial charge in [-0.05, 0) is 18.6 Å². The van der Waals surface area contributed by atoms with Crippen LogP contribution in [0.4, 0.5) is 0 Å². The second kappa shape index (κ2) is 6.26. The van der Waals surface area contributed by atoms with Gasteiger partial charge >= 0.3 is 0 Å². The van der Waals surface area contributed by atoms with Crippen molar-refractivity contribution in [3.63, 3.8) is 0 Å². The zero-order valence-corrected chi connectivity index (χ0v) is 13.5. The molecule has 0 aliphatic carbocycles. The molecule has 0 unspecified atom stereocenters. The van der Waals surface area contributed by atoms with Crippen molar-refractivity contribution < 1.29 is 15.0 Å². The fourth-order valence-corrected chi connectivity index (χ4v) is 3.01. The summed E-state index contributed by atoms with van der Waals surface area (Å²) in [7, 11) is 0. The number of carbonyl (C=O) groups excluding carboxylic acids is 1. The van der Waals surface area contributed by atoms with Crippen molar-refractivity contribution in [2.75, 3.05) is 13.2 Å². The molecule has 0 bridgehead atoms. The van der Waals surface area contributed by atoms with Crippen LogP contribution in [0, 0.1) is 0 Å². The average molecular weight is 342 g/mol. The van der Waals surface area contributed by atoms with Gasteiger partial charge in [0, 0.05) is 31.5 Å². The van der Waals surface area contributed by atoms with Gasteiger partial charge in [-0.1, -0.05) is 0 Å². The number of amides is 1. The quantitative estimate of drug-likeness (QED) is 0.693. The molecule has 0 fully saturated rings. The molecule has 0 saturated heterocycles. The van der Waals surface area contributed by atoms with Crippen molar-refractivity contribution in [2.24, 2.45) is 0 Å². The van der Waals surface area contributed by atoms with Crippen LogP contribution in [0.25, 0.3) is 5.65 Å². The minimum Gasteiger partial charge on any atom is -0.393 e. The van der Waals surface area contributed by atoms with Gasteiger partial charge in [-0.3, -0.25) is 9.48 Å². The molecule has 1 aliphatic rings. The van der Waals surface area contributed by atoms with E-state index in [1.807, 2.05) is 0 Å². The van der Waals surface area contributed by atoms with Crippen molar-refractivity contribution in [2.45, 2.75) is 25.6 Å². The summed E-state index contributed by atoms with van der Waals surface area (Å²) in [6, 6.07) is 5.16. The molecule has 25 heavy (non-hydrogen) atoms. The average Bonchev–Trinajstić information content (AvgIpc) is 3.19. The number of nitrogens with zero attached hydrogens (tertiary/aromatic N) is 6. The molecule has 0 saturated carbocycles. The molecule has 9 nitrogen and oxygen atoms in total. The maximum atomic E-state index is 12.8. The van der Waals surface area contributed by atoms with Gasteiger partial charge in [0.05, 0.1) is 24.5 Å². The van der Waals surface area contributed by atoms with E-state index in [-0.39, 0.29) is 12.5 Å². The number of fused-ring (bicyclic) bond motifs is 2. The monoisotopic (exact) mass is 342 g/mol. The molecule has 3 aromatic rings. The van der Waals surface area contributed by atoms with Gasteiger partial charge in [0.25, 0.3) is 5.91 Å². The minimum atomic E-state index is -1.01. The maximum Gasteiger partial charge on any atom is 0.274 e. The molecule has 9 heteroatoms. The van der Waals surface area contributed by atoms with Crippen LogP contribution < -0.4 is 0 Å². The predicted molar refractivity (Wildman–Crippen MR) is 86.6 cm³/mol. The summed E-state index contributed by atoms with van der Waals surface area (Å²) < 4.78 is 3.36. The van der Waals surface area contributed by atoms with Crippen LogP contribution in [-0.2, 0) is 13.1 Å². The van der Waals surface area contributed by atoms with E-state index in [2.05, 4.69) is 15.2 Å². The van der Waals surface area contributed by atoms with E-state index >= 15 is 0 Å². The van der Waals surface area contributed by atoms with E-state index < -0.39 is 6.10 Å². The Kier molecular flexibility index (Phi) is 3.94. The fourth-order valence-electron chi connectivity index (χ4n) is 3.01. The number of aliphatic hydroxyl groups excluding tert-OH is 2. The minimum absolute atomic E-state index is 0.163. The smallest absolute Gasteiger partial charge is 0.274 e. The fraction of sp³-hybridized carbons (Fsp3) is 0.375. The first-order chi connectivity index (χ1) is 12.2. The lowest BCUT2D eigenvalue weighted by molar-refractivity contribution is 0.0739. The van der Waals surface area contributed by atoms with Crippen LogP contribution in [0.5, 0.6) is 0 Å². The summed E-state index contributed by atoms with van der Waals surface area (Å²) in [5.41, 5.74) is 2.22. The lowest BCUT2D eigenvalue weighted by Gasteiger charge is -2.18. The molecule has 2 N–H and O–H groups in total. The first-order valence-electron chi connectivity index (χ1n) is 8.11. The standard InChI is InChI=1S/C16H18N6O3/c23-10-14(24)12-7-11-9-20(4-2-6-21(11)18-12)16(25)13-8-15-17-3-1-5-22(15)19-13/h1,3,5,7-8,14,23-24H,2,4,6,9-10H2/t14-/m0/s1. The van der Waals surface area contributed by atoms with E-state index in [0.717, 1.165) is 12.1 Å². The summed E-state index contributed by atoms with van der Waals surface area (Å²) in [6.45, 7) is 1.25. The molecule has 4 heterocycles. The van der Waals surface area contributed by atoms with Gasteiger partial charge in [-0.2, -0.15) is 10.2 Å². The molecule has 130 valence electrons. The van der Waals surface area contributed by atoms with Gasteiger partial charge in [-0.25, -0.2) is 9.50 Å². The first kappa shape index (κ1) is 15.7. The Morgan fingerprint density at radius 2 is 2.16 bits per heavy atom. The Morgan fingerprint density at radius 1 is 1.28 bits per heavy atom. The third-order valence-corrected chi connectivity index (χ3v) is 4.29. The van der Waals surface area contributed by atoms with Crippen LogP contribution in [0.3, 0.4) is 0 Å². The van der Waals surface area contributed by atoms with Crippen molar-refractivity contribution >= 4 is 11.6 Å². The van der Waals surface area contributed by atoms with Crippen molar-refractivity contribution in [1.29, 1.82) is 0 Å². The van der Waals surface area contributed by atoms with Crippen molar-refractivity contribution in [1.82, 2.24) is 29.3 Å². The highest BCUT2D eigenvalue weighted by molar-refractivity contribution is 5.93. The summed E-state index contributed by atoms with van der Waals surface area (Å²) in [6.07, 6.45) is 3.15. The summed E-state index contributed by atoms with van der Waals surface area (Å²) in [4.78, 5) is 18.7. The second-order valence-corrected chi connectivity index (χ2v) is 6.01. The first-order valence-corrected chi connectivity index (χ1v) is 8.11. The highest BCUT2D eigenvalue weighted by atomic mass is 16.3. The van der Waals surface area contributed by atoms with Crippen molar-refractivity contribution in [3.8, 4) is 0 Å². The van der Waals surface area contributed by atoms with Gasteiger partial charge in [0.15, 0.2) is 11.3 Å². The summed E-state index contributed by atoms with van der Waals surface area (Å²) in [5.74, 6) is -0.163. The molecule has 3 aromatic heterocycles. The van der Waals surface area contributed by atoms with Crippen LogP contribution in [0.2, 0.25) is 0 Å². The van der Waals surface area contributed by atoms with Gasteiger partial charge in [-0.15, -0.1) is 0 Å². The van der Waals surface area contributed by atoms with E-state index in [4.69, 9.17) is 5.11 Å². The third-order valence-electron chi connectivity index (χ3n) is 4.29. The van der Waals surface area contributed by atoms with Crippen molar-refractivity contribution in [3.05, 3.63) is 47.7 Å². The largest absolute Gasteiger partial charge is 0.393 e. The lowest BCUT2D eigenvalue weighted by atomic mass is 10.2. The number of rotatable bonds is 3. The normalized spacial score (nSPS) is 15.8. The number of hydrogen-bond acceptors (Lipinski definition) is 6. The number of aromatic nitrogens is 5. The molecule has 4 rings (SSSR count). The summed E-state index contributed by atoms with van der Waals surface area (Å²) >= 11 is 0. The SMILES string of the molecule is O=C(c1cc2ncccn2n1)N1CCCn2nc([C@@H](O)CO)cc2C1. The topological polar surface area (TPSA) is 109 Å². The van der Waals surface area contributed by atoms with Crippen LogP contribution in [-0.4, -0.2) is 58.6 Å². The highest BCUT2D eigenvalue weighted by Crippen LogP contribution is 2.19. The maximum absolute atomic E-state index is 12.8. The molecular formula is C16H18N6O3. The van der Waals surface area contributed by atoms with E-state index in [1.165, 1.54) is 0 Å². The molecule has 0 aromatic carbocycles. The Hall–Kier alpha value is -2.78. The molecular weight excluding hydrogens is 324 g/mol. The second-order valence-electron chi connectivity index (χ2n) is 6.01. The number of aryl methyl sites for hydroxylation is 1. The van der Waals surface area contributed by atoms with Crippen LogP contribution in [0.1, 0.15) is 34.4 Å².